The van der Waals surface area contributed by atoms with E-state index in [0.717, 1.165) is 28.4 Å². The normalized spacial score (nSPS) is 11.3. The van der Waals surface area contributed by atoms with Crippen molar-refractivity contribution in [3.8, 4) is 0 Å². The molecular formula is C17H18N2O3S. The Morgan fingerprint density at radius 3 is 2.87 bits per heavy atom. The number of hydrogen-bond donors (Lipinski definition) is 0. The van der Waals surface area contributed by atoms with Crippen LogP contribution in [0.25, 0.3) is 10.2 Å². The number of thiazole rings is 1. The quantitative estimate of drug-likeness (QED) is 0.669. The second kappa shape index (κ2) is 6.52. The van der Waals surface area contributed by atoms with E-state index in [-0.39, 0.29) is 5.76 Å². The first-order valence-electron chi connectivity index (χ1n) is 7.27. The number of para-hydroxylation sites is 1. The summed E-state index contributed by atoms with van der Waals surface area (Å²) < 4.78 is 11.5. The van der Waals surface area contributed by atoms with Gasteiger partial charge in [-0.05, 0) is 32.2 Å². The number of nitrogens with zero attached hydrogens (tertiary/aromatic N) is 2. The Morgan fingerprint density at radius 2 is 2.13 bits per heavy atom. The molecule has 2 heterocycles. The average Bonchev–Trinajstić information content (AvgIpc) is 3.08. The van der Waals surface area contributed by atoms with Crippen molar-refractivity contribution in [1.82, 2.24) is 9.88 Å². The molecule has 0 N–H and O–H groups in total. The Kier molecular flexibility index (Phi) is 4.45. The highest BCUT2D eigenvalue weighted by Crippen LogP contribution is 2.23. The maximum atomic E-state index is 11.6. The van der Waals surface area contributed by atoms with Crippen LogP contribution in [0.3, 0.4) is 0 Å². The number of benzene rings is 1. The van der Waals surface area contributed by atoms with E-state index in [9.17, 15) is 4.79 Å². The van der Waals surface area contributed by atoms with E-state index in [1.165, 1.54) is 11.8 Å². The molecule has 3 rings (SSSR count). The molecule has 0 aliphatic heterocycles. The van der Waals surface area contributed by atoms with Crippen molar-refractivity contribution in [2.45, 2.75) is 20.0 Å². The summed E-state index contributed by atoms with van der Waals surface area (Å²) in [4.78, 5) is 18.3. The second-order valence-electron chi connectivity index (χ2n) is 5.46. The number of hydrogen-bond acceptors (Lipinski definition) is 6. The van der Waals surface area contributed by atoms with Crippen LogP contribution in [-0.4, -0.2) is 30.0 Å². The Labute approximate surface area is 138 Å². The summed E-state index contributed by atoms with van der Waals surface area (Å²) in [6, 6.07) is 9.99. The molecule has 0 radical (unpaired) electrons. The van der Waals surface area contributed by atoms with Crippen molar-refractivity contribution in [3.63, 3.8) is 0 Å². The molecule has 120 valence electrons. The second-order valence-corrected chi connectivity index (χ2v) is 6.58. The summed E-state index contributed by atoms with van der Waals surface area (Å²) in [5.74, 6) is 0.574. The average molecular weight is 330 g/mol. The number of carbonyl (C=O) groups is 1. The van der Waals surface area contributed by atoms with Gasteiger partial charge in [-0.15, -0.1) is 11.3 Å². The smallest absolute Gasteiger partial charge is 0.374 e. The maximum Gasteiger partial charge on any atom is 0.374 e. The highest BCUT2D eigenvalue weighted by molar-refractivity contribution is 7.18. The van der Waals surface area contributed by atoms with Gasteiger partial charge in [-0.25, -0.2) is 9.78 Å². The monoisotopic (exact) mass is 330 g/mol. The van der Waals surface area contributed by atoms with Gasteiger partial charge in [0.2, 0.25) is 5.76 Å². The molecule has 0 atom stereocenters. The minimum atomic E-state index is -0.442. The van der Waals surface area contributed by atoms with Gasteiger partial charge in [-0.3, -0.25) is 4.90 Å². The number of ether oxygens (including phenoxy) is 1. The van der Waals surface area contributed by atoms with Crippen molar-refractivity contribution in [3.05, 3.63) is 52.4 Å². The summed E-state index contributed by atoms with van der Waals surface area (Å²) in [6.45, 7) is 3.17. The van der Waals surface area contributed by atoms with Gasteiger partial charge >= 0.3 is 5.97 Å². The zero-order valence-electron chi connectivity index (χ0n) is 13.3. The number of rotatable bonds is 5. The topological polar surface area (TPSA) is 55.6 Å². The van der Waals surface area contributed by atoms with E-state index in [2.05, 4.69) is 16.0 Å². The van der Waals surface area contributed by atoms with Crippen LogP contribution in [0.5, 0.6) is 0 Å². The van der Waals surface area contributed by atoms with Crippen LogP contribution in [0.2, 0.25) is 0 Å². The zero-order valence-corrected chi connectivity index (χ0v) is 14.1. The predicted molar refractivity (Wildman–Crippen MR) is 89.6 cm³/mol. The molecule has 0 aliphatic rings. The Hall–Kier alpha value is -2.18. The molecule has 0 saturated heterocycles. The number of aromatic nitrogens is 1. The molecule has 0 fully saturated rings. The molecular weight excluding hydrogens is 312 g/mol. The van der Waals surface area contributed by atoms with E-state index < -0.39 is 5.97 Å². The van der Waals surface area contributed by atoms with Gasteiger partial charge in [0.05, 0.1) is 30.4 Å². The third-order valence-corrected chi connectivity index (χ3v) is 4.53. The highest BCUT2D eigenvalue weighted by atomic mass is 32.1. The first-order chi connectivity index (χ1) is 11.1. The van der Waals surface area contributed by atoms with Crippen molar-refractivity contribution in [1.29, 1.82) is 0 Å². The summed E-state index contributed by atoms with van der Waals surface area (Å²) in [7, 11) is 3.35. The Morgan fingerprint density at radius 1 is 1.35 bits per heavy atom. The fraction of sp³-hybridized carbons (Fsp3) is 0.294. The number of fused-ring (bicyclic) bond motifs is 1. The third-order valence-electron chi connectivity index (χ3n) is 3.51. The molecule has 0 unspecified atom stereocenters. The van der Waals surface area contributed by atoms with Gasteiger partial charge in [0, 0.05) is 5.56 Å². The number of methoxy groups -OCH3 is 1. The standard InChI is InChI=1S/C17H18N2O3S/c1-11-8-12(22-16(11)17(20)21-3)9-19(2)10-15-18-13-6-4-5-7-14(13)23-15/h4-8H,9-10H2,1-3H3. The lowest BCUT2D eigenvalue weighted by Gasteiger charge is -2.12. The molecule has 0 saturated carbocycles. The zero-order chi connectivity index (χ0) is 16.4. The first-order valence-corrected chi connectivity index (χ1v) is 8.09. The summed E-state index contributed by atoms with van der Waals surface area (Å²) in [5, 5.41) is 1.06. The minimum absolute atomic E-state index is 0.274. The Bertz CT molecular complexity index is 804. The largest absolute Gasteiger partial charge is 0.463 e. The van der Waals surface area contributed by atoms with Crippen molar-refractivity contribution in [2.75, 3.05) is 14.2 Å². The van der Waals surface area contributed by atoms with E-state index in [1.54, 1.807) is 11.3 Å². The number of aryl methyl sites for hydroxylation is 1. The van der Waals surface area contributed by atoms with Crippen molar-refractivity contribution < 1.29 is 13.9 Å². The molecule has 5 nitrogen and oxygen atoms in total. The SMILES string of the molecule is COC(=O)c1oc(CN(C)Cc2nc3ccccc3s2)cc1C. The number of carbonyl (C=O) groups excluding carboxylic acids is 1. The summed E-state index contributed by atoms with van der Waals surface area (Å²) in [6.07, 6.45) is 0. The van der Waals surface area contributed by atoms with Crippen LogP contribution < -0.4 is 0 Å². The molecule has 1 aromatic carbocycles. The Balaban J connectivity index is 1.69. The molecule has 3 aromatic rings. The van der Waals surface area contributed by atoms with Gasteiger partial charge in [0.15, 0.2) is 0 Å². The molecule has 23 heavy (non-hydrogen) atoms. The summed E-state index contributed by atoms with van der Waals surface area (Å²) in [5.41, 5.74) is 1.82. The van der Waals surface area contributed by atoms with Crippen molar-refractivity contribution in [2.24, 2.45) is 0 Å². The predicted octanol–water partition coefficient (Wildman–Crippen LogP) is 3.62. The molecule has 2 aromatic heterocycles. The van der Waals surface area contributed by atoms with Gasteiger partial charge in [0.1, 0.15) is 10.8 Å². The van der Waals surface area contributed by atoms with Gasteiger partial charge < -0.3 is 9.15 Å². The molecule has 0 aliphatic carbocycles. The molecule has 0 spiro atoms. The van der Waals surface area contributed by atoms with E-state index in [1.807, 2.05) is 38.2 Å². The van der Waals surface area contributed by atoms with Crippen LogP contribution in [0.15, 0.2) is 34.7 Å². The van der Waals surface area contributed by atoms with E-state index in [0.29, 0.717) is 6.54 Å². The van der Waals surface area contributed by atoms with Gasteiger partial charge in [-0.1, -0.05) is 12.1 Å². The van der Waals surface area contributed by atoms with E-state index >= 15 is 0 Å². The molecule has 0 amide bonds. The fourth-order valence-corrected chi connectivity index (χ4v) is 3.51. The maximum absolute atomic E-state index is 11.6. The lowest BCUT2D eigenvalue weighted by atomic mass is 10.2. The molecule has 0 bridgehead atoms. The lowest BCUT2D eigenvalue weighted by Crippen LogP contribution is -2.16. The van der Waals surface area contributed by atoms with Crippen LogP contribution in [0.1, 0.15) is 26.9 Å². The van der Waals surface area contributed by atoms with E-state index in [4.69, 9.17) is 9.15 Å². The lowest BCUT2D eigenvalue weighted by molar-refractivity contribution is 0.0560. The summed E-state index contributed by atoms with van der Waals surface area (Å²) >= 11 is 1.70. The third kappa shape index (κ3) is 3.43. The number of esters is 1. The van der Waals surface area contributed by atoms with Gasteiger partial charge in [0.25, 0.3) is 0 Å². The van der Waals surface area contributed by atoms with Crippen LogP contribution in [0.4, 0.5) is 0 Å². The van der Waals surface area contributed by atoms with Crippen LogP contribution in [-0.2, 0) is 17.8 Å². The fourth-order valence-electron chi connectivity index (χ4n) is 2.46. The van der Waals surface area contributed by atoms with Crippen LogP contribution >= 0.6 is 11.3 Å². The van der Waals surface area contributed by atoms with Crippen LogP contribution in [0, 0.1) is 6.92 Å². The minimum Gasteiger partial charge on any atom is -0.463 e. The van der Waals surface area contributed by atoms with Gasteiger partial charge in [-0.2, -0.15) is 0 Å². The first kappa shape index (κ1) is 15.7. The molecule has 6 heteroatoms. The highest BCUT2D eigenvalue weighted by Gasteiger charge is 2.17. The number of furan rings is 1. The van der Waals surface area contributed by atoms with Crippen molar-refractivity contribution >= 4 is 27.5 Å².